The minimum absolute atomic E-state index is 0.143. The molecule has 4 rings (SSSR count). The lowest BCUT2D eigenvalue weighted by Crippen LogP contribution is -2.29. The number of fused-ring (bicyclic) bond motifs is 1. The minimum Gasteiger partial charge on any atom is -0.325 e. The second-order valence-corrected chi connectivity index (χ2v) is 8.68. The van der Waals surface area contributed by atoms with Gasteiger partial charge in [-0.3, -0.25) is 14.4 Å². The molecule has 0 fully saturated rings. The molecule has 7 nitrogen and oxygen atoms in total. The molecule has 0 spiro atoms. The number of hydrogen-bond donors (Lipinski definition) is 1. The van der Waals surface area contributed by atoms with Crippen molar-refractivity contribution in [2.24, 2.45) is 0 Å². The van der Waals surface area contributed by atoms with E-state index >= 15 is 0 Å². The zero-order valence-corrected chi connectivity index (χ0v) is 17.3. The molecule has 29 heavy (non-hydrogen) atoms. The van der Waals surface area contributed by atoms with E-state index in [1.54, 1.807) is 24.3 Å². The van der Waals surface area contributed by atoms with Crippen molar-refractivity contribution in [3.8, 4) is 0 Å². The van der Waals surface area contributed by atoms with Crippen LogP contribution in [0.4, 0.5) is 10.8 Å². The highest BCUT2D eigenvalue weighted by molar-refractivity contribution is 8.01. The normalized spacial score (nSPS) is 13.0. The van der Waals surface area contributed by atoms with Gasteiger partial charge in [0.2, 0.25) is 11.0 Å². The van der Waals surface area contributed by atoms with Gasteiger partial charge in [-0.05, 0) is 37.6 Å². The number of aryl methyl sites for hydroxylation is 2. The maximum Gasteiger partial charge on any atom is 0.268 e. The van der Waals surface area contributed by atoms with Gasteiger partial charge < -0.3 is 5.32 Å². The summed E-state index contributed by atoms with van der Waals surface area (Å²) in [7, 11) is 0. The van der Waals surface area contributed by atoms with Crippen molar-refractivity contribution >= 4 is 51.6 Å². The van der Waals surface area contributed by atoms with Gasteiger partial charge in [-0.1, -0.05) is 52.9 Å². The molecule has 0 saturated heterocycles. The zero-order valence-electron chi connectivity index (χ0n) is 15.6. The van der Waals surface area contributed by atoms with Crippen LogP contribution in [-0.4, -0.2) is 33.7 Å². The summed E-state index contributed by atoms with van der Waals surface area (Å²) in [5, 5.41) is 11.0. The van der Waals surface area contributed by atoms with Crippen LogP contribution in [0.1, 0.15) is 31.8 Å². The standard InChI is InChI=1S/C20H16N4O3S2/c1-11-7-8-15(12(2)9-11)21-16(25)10-28-20-23-22-19(29-20)24-17(26)13-5-3-4-6-14(13)18(24)27/h3-9H,10H2,1-2H3,(H,21,25). The first-order chi connectivity index (χ1) is 13.9. The summed E-state index contributed by atoms with van der Waals surface area (Å²) in [5.74, 6) is -0.847. The molecule has 1 N–H and O–H groups in total. The predicted molar refractivity (Wildman–Crippen MR) is 113 cm³/mol. The zero-order chi connectivity index (χ0) is 20.5. The molecule has 2 aromatic carbocycles. The summed E-state index contributed by atoms with van der Waals surface area (Å²) in [5.41, 5.74) is 3.60. The largest absolute Gasteiger partial charge is 0.325 e. The molecule has 2 heterocycles. The van der Waals surface area contributed by atoms with E-state index in [9.17, 15) is 14.4 Å². The van der Waals surface area contributed by atoms with E-state index in [1.165, 1.54) is 11.8 Å². The first-order valence-corrected chi connectivity index (χ1v) is 10.6. The number of nitrogens with zero attached hydrogens (tertiary/aromatic N) is 3. The minimum atomic E-state index is -0.411. The van der Waals surface area contributed by atoms with Gasteiger partial charge in [0.1, 0.15) is 0 Å². The van der Waals surface area contributed by atoms with Gasteiger partial charge in [-0.2, -0.15) is 0 Å². The quantitative estimate of drug-likeness (QED) is 0.382. The van der Waals surface area contributed by atoms with E-state index in [-0.39, 0.29) is 16.8 Å². The van der Waals surface area contributed by atoms with Crippen LogP contribution in [0.3, 0.4) is 0 Å². The van der Waals surface area contributed by atoms with Crippen molar-refractivity contribution < 1.29 is 14.4 Å². The monoisotopic (exact) mass is 424 g/mol. The summed E-state index contributed by atoms with van der Waals surface area (Å²) in [6.45, 7) is 3.94. The Hall–Kier alpha value is -3.04. The van der Waals surface area contributed by atoms with Gasteiger partial charge in [0, 0.05) is 5.69 Å². The van der Waals surface area contributed by atoms with Gasteiger partial charge in [0.25, 0.3) is 11.8 Å². The predicted octanol–water partition coefficient (Wildman–Crippen LogP) is 3.69. The molecule has 146 valence electrons. The first-order valence-electron chi connectivity index (χ1n) is 8.75. The van der Waals surface area contributed by atoms with Crippen LogP contribution in [-0.2, 0) is 4.79 Å². The average molecular weight is 425 g/mol. The van der Waals surface area contributed by atoms with Gasteiger partial charge in [0.15, 0.2) is 4.34 Å². The van der Waals surface area contributed by atoms with E-state index < -0.39 is 11.8 Å². The van der Waals surface area contributed by atoms with E-state index in [4.69, 9.17) is 0 Å². The Kier molecular flexibility index (Phi) is 5.16. The van der Waals surface area contributed by atoms with Crippen LogP contribution in [0, 0.1) is 13.8 Å². The summed E-state index contributed by atoms with van der Waals surface area (Å²) in [6.07, 6.45) is 0. The Balaban J connectivity index is 1.41. The number of imide groups is 1. The second-order valence-electron chi connectivity index (χ2n) is 6.50. The van der Waals surface area contributed by atoms with Crippen molar-refractivity contribution in [1.82, 2.24) is 10.2 Å². The molecule has 1 aliphatic heterocycles. The second kappa shape index (κ2) is 7.76. The SMILES string of the molecule is Cc1ccc(NC(=O)CSc2nnc(N3C(=O)c4ccccc4C3=O)s2)c(C)c1. The van der Waals surface area contributed by atoms with Crippen LogP contribution in [0.5, 0.6) is 0 Å². The molecule has 1 aromatic heterocycles. The third-order valence-corrected chi connectivity index (χ3v) is 6.41. The Bertz CT molecular complexity index is 1110. The molecular weight excluding hydrogens is 408 g/mol. The maximum atomic E-state index is 12.5. The molecule has 3 amide bonds. The summed E-state index contributed by atoms with van der Waals surface area (Å²) >= 11 is 2.31. The third kappa shape index (κ3) is 3.79. The fraction of sp³-hybridized carbons (Fsp3) is 0.150. The number of amides is 3. The number of anilines is 2. The fourth-order valence-corrected chi connectivity index (χ4v) is 4.62. The number of nitrogens with one attached hydrogen (secondary N) is 1. The van der Waals surface area contributed by atoms with Crippen molar-refractivity contribution in [3.05, 3.63) is 64.7 Å². The number of aromatic nitrogens is 2. The van der Waals surface area contributed by atoms with Crippen LogP contribution in [0.2, 0.25) is 0 Å². The number of benzene rings is 2. The highest BCUT2D eigenvalue weighted by Crippen LogP contribution is 2.33. The Morgan fingerprint density at radius 1 is 1.07 bits per heavy atom. The van der Waals surface area contributed by atoms with E-state index in [0.717, 1.165) is 33.1 Å². The molecule has 1 aliphatic rings. The van der Waals surface area contributed by atoms with Gasteiger partial charge >= 0.3 is 0 Å². The highest BCUT2D eigenvalue weighted by Gasteiger charge is 2.38. The number of thioether (sulfide) groups is 1. The van der Waals surface area contributed by atoms with Crippen molar-refractivity contribution in [1.29, 1.82) is 0 Å². The number of hydrogen-bond acceptors (Lipinski definition) is 7. The average Bonchev–Trinajstić information content (AvgIpc) is 3.26. The van der Waals surface area contributed by atoms with Gasteiger partial charge in [-0.25, -0.2) is 4.90 Å². The number of carbonyl (C=O) groups excluding carboxylic acids is 3. The van der Waals surface area contributed by atoms with Crippen LogP contribution >= 0.6 is 23.1 Å². The topological polar surface area (TPSA) is 92.3 Å². The summed E-state index contributed by atoms with van der Waals surface area (Å²) in [4.78, 5) is 38.3. The summed E-state index contributed by atoms with van der Waals surface area (Å²) < 4.78 is 0.507. The number of rotatable bonds is 5. The Morgan fingerprint density at radius 2 is 1.76 bits per heavy atom. The molecule has 0 unspecified atom stereocenters. The van der Waals surface area contributed by atoms with E-state index in [2.05, 4.69) is 15.5 Å². The Labute approximate surface area is 175 Å². The van der Waals surface area contributed by atoms with Crippen LogP contribution in [0.25, 0.3) is 0 Å². The molecular formula is C20H16N4O3S2. The van der Waals surface area contributed by atoms with Crippen LogP contribution < -0.4 is 10.2 Å². The molecule has 0 radical (unpaired) electrons. The van der Waals surface area contributed by atoms with Crippen molar-refractivity contribution in [3.63, 3.8) is 0 Å². The molecule has 3 aromatic rings. The molecule has 0 bridgehead atoms. The molecule has 9 heteroatoms. The van der Waals surface area contributed by atoms with Gasteiger partial charge in [-0.15, -0.1) is 10.2 Å². The maximum absolute atomic E-state index is 12.5. The summed E-state index contributed by atoms with van der Waals surface area (Å²) in [6, 6.07) is 12.5. The first kappa shape index (κ1) is 19.3. The molecule has 0 atom stereocenters. The lowest BCUT2D eigenvalue weighted by Gasteiger charge is -2.08. The lowest BCUT2D eigenvalue weighted by molar-refractivity contribution is -0.113. The van der Waals surface area contributed by atoms with E-state index in [1.807, 2.05) is 32.0 Å². The fourth-order valence-electron chi connectivity index (χ4n) is 2.98. The van der Waals surface area contributed by atoms with Gasteiger partial charge in [0.05, 0.1) is 16.9 Å². The van der Waals surface area contributed by atoms with Crippen molar-refractivity contribution in [2.75, 3.05) is 16.0 Å². The molecule has 0 aliphatic carbocycles. The van der Waals surface area contributed by atoms with E-state index in [0.29, 0.717) is 15.5 Å². The molecule has 0 saturated carbocycles. The lowest BCUT2D eigenvalue weighted by atomic mass is 10.1. The van der Waals surface area contributed by atoms with Crippen LogP contribution in [0.15, 0.2) is 46.8 Å². The van der Waals surface area contributed by atoms with Crippen molar-refractivity contribution in [2.45, 2.75) is 18.2 Å². The smallest absolute Gasteiger partial charge is 0.268 e. The third-order valence-electron chi connectivity index (χ3n) is 4.36. The number of carbonyl (C=O) groups is 3. The Morgan fingerprint density at radius 3 is 2.41 bits per heavy atom. The highest BCUT2D eigenvalue weighted by atomic mass is 32.2.